The van der Waals surface area contributed by atoms with E-state index < -0.39 is 34.6 Å². The van der Waals surface area contributed by atoms with Crippen molar-refractivity contribution in [2.45, 2.75) is 26.7 Å². The maximum Gasteiger partial charge on any atom is 0.314 e. The topological polar surface area (TPSA) is 86.7 Å². The molecule has 6 nitrogen and oxygen atoms in total. The van der Waals surface area contributed by atoms with E-state index in [1.165, 1.54) is 0 Å². The molecule has 128 valence electrons. The highest BCUT2D eigenvalue weighted by Gasteiger charge is 2.99. The molecule has 6 aliphatic rings. The molecule has 6 saturated carbocycles. The Morgan fingerprint density at radius 2 is 1.25 bits per heavy atom. The summed E-state index contributed by atoms with van der Waals surface area (Å²) in [5.74, 6) is -2.17. The third kappa shape index (κ3) is 1.04. The molecule has 6 aliphatic carbocycles. The van der Waals surface area contributed by atoms with Gasteiger partial charge in [0.2, 0.25) is 0 Å². The Balaban J connectivity index is 1.77. The first kappa shape index (κ1) is 14.6. The molecule has 0 heterocycles. The van der Waals surface area contributed by atoms with Gasteiger partial charge in [-0.25, -0.2) is 0 Å². The highest BCUT2D eigenvalue weighted by Crippen LogP contribution is 2.91. The molecule has 8 bridgehead atoms. The quantitative estimate of drug-likeness (QED) is 0.707. The van der Waals surface area contributed by atoms with Crippen molar-refractivity contribution in [2.24, 2.45) is 46.3 Å². The van der Waals surface area contributed by atoms with Crippen molar-refractivity contribution >= 4 is 23.5 Å². The van der Waals surface area contributed by atoms with E-state index in [-0.39, 0.29) is 48.5 Å². The minimum atomic E-state index is -1.15. The number of hydrogen-bond donors (Lipinski definition) is 0. The van der Waals surface area contributed by atoms with Crippen molar-refractivity contribution in [3.05, 3.63) is 0 Å². The van der Waals surface area contributed by atoms with Gasteiger partial charge in [0.25, 0.3) is 0 Å². The Hall–Kier alpha value is -1.72. The van der Waals surface area contributed by atoms with Gasteiger partial charge in [-0.3, -0.25) is 19.2 Å². The van der Waals surface area contributed by atoms with E-state index in [1.807, 2.05) is 0 Å². The monoisotopic (exact) mass is 332 g/mol. The fourth-order valence-corrected chi connectivity index (χ4v) is 7.86. The van der Waals surface area contributed by atoms with Gasteiger partial charge in [0.05, 0.1) is 24.0 Å². The Kier molecular flexibility index (Phi) is 2.49. The minimum Gasteiger partial charge on any atom is -0.466 e. The van der Waals surface area contributed by atoms with Crippen LogP contribution in [0.15, 0.2) is 0 Å². The molecule has 24 heavy (non-hydrogen) atoms. The molecule has 0 unspecified atom stereocenters. The third-order valence-electron chi connectivity index (χ3n) is 7.74. The Bertz CT molecular complexity index is 652. The Morgan fingerprint density at radius 3 is 1.58 bits per heavy atom. The predicted octanol–water partition coefficient (Wildman–Crippen LogP) is 0.769. The van der Waals surface area contributed by atoms with E-state index in [2.05, 4.69) is 0 Å². The summed E-state index contributed by atoms with van der Waals surface area (Å²) in [6.07, 6.45) is 0.588. The summed E-state index contributed by atoms with van der Waals surface area (Å²) >= 11 is 0. The lowest BCUT2D eigenvalue weighted by Gasteiger charge is -2.50. The molecule has 0 radical (unpaired) electrons. The number of Topliss-reactive ketones (excluding diaryl/α,β-unsaturated/α-hetero) is 2. The molecule has 8 atom stereocenters. The van der Waals surface area contributed by atoms with E-state index in [4.69, 9.17) is 9.47 Å². The van der Waals surface area contributed by atoms with Crippen LogP contribution in [0, 0.1) is 46.3 Å². The molecule has 0 aromatic rings. The van der Waals surface area contributed by atoms with Crippen LogP contribution < -0.4 is 0 Å². The van der Waals surface area contributed by atoms with Crippen LogP contribution >= 0.6 is 0 Å². The van der Waals surface area contributed by atoms with Crippen LogP contribution in [0.4, 0.5) is 0 Å². The average Bonchev–Trinajstić information content (AvgIpc) is 3.28. The number of carbonyl (C=O) groups excluding carboxylic acids is 4. The van der Waals surface area contributed by atoms with Crippen LogP contribution in [0.3, 0.4) is 0 Å². The second kappa shape index (κ2) is 4.09. The normalized spacial score (nSPS) is 51.8. The fourth-order valence-electron chi connectivity index (χ4n) is 7.86. The van der Waals surface area contributed by atoms with Gasteiger partial charge < -0.3 is 9.47 Å². The van der Waals surface area contributed by atoms with Gasteiger partial charge >= 0.3 is 11.9 Å². The van der Waals surface area contributed by atoms with Gasteiger partial charge in [-0.2, -0.15) is 0 Å². The highest BCUT2D eigenvalue weighted by atomic mass is 16.5. The number of carbonyl (C=O) groups is 4. The molecular weight excluding hydrogens is 312 g/mol. The standard InChI is InChI=1S/C18H20O6/c1-3-23-15(21)17-7-5-10(20)14-11(7)12-8(6-9(19)13(12)17)18(14,17)16(22)24-4-2/h7-8,11-14H,3-6H2,1-2H3/t7-,8+,11-,12-,13+,14-,17-,18-/m1/s1. The predicted molar refractivity (Wildman–Crippen MR) is 78.3 cm³/mol. The molecule has 0 aromatic heterocycles. The number of ketones is 2. The van der Waals surface area contributed by atoms with Crippen molar-refractivity contribution in [3.63, 3.8) is 0 Å². The molecular formula is C18H20O6. The molecule has 0 spiro atoms. The van der Waals surface area contributed by atoms with Crippen molar-refractivity contribution in [1.29, 1.82) is 0 Å². The van der Waals surface area contributed by atoms with Gasteiger partial charge in [0, 0.05) is 24.7 Å². The second-order valence-corrected chi connectivity index (χ2v) is 7.84. The van der Waals surface area contributed by atoms with E-state index in [9.17, 15) is 19.2 Å². The summed E-state index contributed by atoms with van der Waals surface area (Å²) in [5, 5.41) is 0. The van der Waals surface area contributed by atoms with Crippen molar-refractivity contribution < 1.29 is 28.7 Å². The zero-order chi connectivity index (χ0) is 17.0. The molecule has 6 heteroatoms. The molecule has 6 rings (SSSR count). The van der Waals surface area contributed by atoms with Crippen molar-refractivity contribution in [2.75, 3.05) is 13.2 Å². The van der Waals surface area contributed by atoms with Crippen LogP contribution in [-0.2, 0) is 28.7 Å². The van der Waals surface area contributed by atoms with Crippen LogP contribution in [-0.4, -0.2) is 36.7 Å². The van der Waals surface area contributed by atoms with Crippen molar-refractivity contribution in [3.8, 4) is 0 Å². The lowest BCUT2D eigenvalue weighted by atomic mass is 9.49. The molecule has 0 aliphatic heterocycles. The summed E-state index contributed by atoms with van der Waals surface area (Å²) in [5.41, 5.74) is -2.30. The largest absolute Gasteiger partial charge is 0.466 e. The smallest absolute Gasteiger partial charge is 0.314 e. The summed E-state index contributed by atoms with van der Waals surface area (Å²) < 4.78 is 10.8. The van der Waals surface area contributed by atoms with Crippen molar-refractivity contribution in [1.82, 2.24) is 0 Å². The summed E-state index contributed by atoms with van der Waals surface area (Å²) in [6, 6.07) is 0. The molecule has 0 N–H and O–H groups in total. The Labute approximate surface area is 139 Å². The van der Waals surface area contributed by atoms with Gasteiger partial charge in [-0.05, 0) is 37.5 Å². The molecule has 0 amide bonds. The van der Waals surface area contributed by atoms with Gasteiger partial charge in [0.15, 0.2) is 0 Å². The number of hydrogen-bond acceptors (Lipinski definition) is 6. The van der Waals surface area contributed by atoms with Crippen LogP contribution in [0.1, 0.15) is 26.7 Å². The van der Waals surface area contributed by atoms with Crippen LogP contribution in [0.2, 0.25) is 0 Å². The van der Waals surface area contributed by atoms with Crippen LogP contribution in [0.25, 0.3) is 0 Å². The fraction of sp³-hybridized carbons (Fsp3) is 0.778. The first-order valence-corrected chi connectivity index (χ1v) is 8.89. The maximum absolute atomic E-state index is 13.1. The lowest BCUT2D eigenvalue weighted by Crippen LogP contribution is -2.63. The summed E-state index contributed by atoms with van der Waals surface area (Å²) in [7, 11) is 0. The van der Waals surface area contributed by atoms with Gasteiger partial charge in [0.1, 0.15) is 11.6 Å². The zero-order valence-corrected chi connectivity index (χ0v) is 13.7. The molecule has 0 aromatic carbocycles. The first-order chi connectivity index (χ1) is 11.5. The highest BCUT2D eigenvalue weighted by molar-refractivity contribution is 6.08. The molecule has 6 fully saturated rings. The third-order valence-corrected chi connectivity index (χ3v) is 7.74. The first-order valence-electron chi connectivity index (χ1n) is 8.89. The second-order valence-electron chi connectivity index (χ2n) is 7.84. The lowest BCUT2D eigenvalue weighted by molar-refractivity contribution is -0.197. The van der Waals surface area contributed by atoms with Gasteiger partial charge in [-0.15, -0.1) is 0 Å². The summed E-state index contributed by atoms with van der Waals surface area (Å²) in [4.78, 5) is 51.5. The SMILES string of the molecule is CCOC(=O)[C@]12[C@@H]3C(=O)C[C@@H]4[C@@H]3[C@H]3[C@@H]1CC(=O)[C@@H]3[C@@]42C(=O)OCC. The van der Waals surface area contributed by atoms with E-state index in [1.54, 1.807) is 13.8 Å². The van der Waals surface area contributed by atoms with Gasteiger partial charge in [-0.1, -0.05) is 0 Å². The molecule has 0 saturated heterocycles. The summed E-state index contributed by atoms with van der Waals surface area (Å²) in [6.45, 7) is 3.85. The van der Waals surface area contributed by atoms with Crippen LogP contribution in [0.5, 0.6) is 0 Å². The zero-order valence-electron chi connectivity index (χ0n) is 13.7. The van der Waals surface area contributed by atoms with E-state index in [0.29, 0.717) is 12.8 Å². The van der Waals surface area contributed by atoms with E-state index >= 15 is 0 Å². The number of esters is 2. The maximum atomic E-state index is 13.1. The van der Waals surface area contributed by atoms with E-state index in [0.717, 1.165) is 0 Å². The number of rotatable bonds is 4. The average molecular weight is 332 g/mol. The number of ether oxygens (including phenoxy) is 2. The minimum absolute atomic E-state index is 0.0206. The Morgan fingerprint density at radius 1 is 0.875 bits per heavy atom.